The maximum absolute atomic E-state index is 3.47. The van der Waals surface area contributed by atoms with E-state index in [0.717, 1.165) is 8.11 Å². The van der Waals surface area contributed by atoms with Crippen molar-refractivity contribution in [1.82, 2.24) is 0 Å². The summed E-state index contributed by atoms with van der Waals surface area (Å²) in [4.78, 5) is 11.4. The first-order chi connectivity index (χ1) is 12.7. The van der Waals surface area contributed by atoms with Gasteiger partial charge in [-0.2, -0.15) is 0 Å². The second-order valence-corrected chi connectivity index (χ2v) is 51.2. The van der Waals surface area contributed by atoms with Gasteiger partial charge in [0.15, 0.2) is 0 Å². The maximum Gasteiger partial charge on any atom is 0 e. The third kappa shape index (κ3) is 0.462. The SMILES string of the molecule is CC(C)(C)P(C(C)(C)C)[C]12[CH]3[CH]4[CH]5[C]1(P(C(C)(C)C)C(C)(C)C)[Fe]43521678[CH]2[CH]1[CH]6[CH]7[CH]28.Cl.Cl.[Pd]. The number of hydrogen-bond donors (Lipinski definition) is 0. The number of hydrogen-bond acceptors (Lipinski definition) is 0. The fourth-order valence-electron chi connectivity index (χ4n) is 21.5. The molecule has 0 aromatic heterocycles. The van der Waals surface area contributed by atoms with Crippen LogP contribution in [-0.2, 0) is 26.9 Å². The van der Waals surface area contributed by atoms with Gasteiger partial charge in [0.2, 0.25) is 0 Å². The molecule has 0 N–H and O–H groups in total. The zero-order chi connectivity index (χ0) is 21.1. The van der Waals surface area contributed by atoms with Gasteiger partial charge in [-0.15, -0.1) is 24.8 Å². The van der Waals surface area contributed by atoms with E-state index in [0.29, 0.717) is 20.6 Å². The Morgan fingerprint density at radius 3 is 0.812 bits per heavy atom. The zero-order valence-electron chi connectivity index (χ0n) is 22.0. The van der Waals surface area contributed by atoms with Gasteiger partial charge in [0, 0.05) is 20.4 Å². The van der Waals surface area contributed by atoms with E-state index in [1.165, 1.54) is 38.5 Å². The molecule has 6 heteroatoms. The molecule has 0 bridgehead atoms. The van der Waals surface area contributed by atoms with Gasteiger partial charge in [-0.25, -0.2) is 0 Å². The van der Waals surface area contributed by atoms with Crippen LogP contribution in [0.5, 0.6) is 0 Å². The quantitative estimate of drug-likeness (QED) is 0.206. The third-order valence-electron chi connectivity index (χ3n) is 18.0. The maximum atomic E-state index is 2.69. The van der Waals surface area contributed by atoms with Crippen LogP contribution < -0.4 is 0 Å². The molecule has 0 aromatic rings. The van der Waals surface area contributed by atoms with E-state index >= 15 is 0 Å². The van der Waals surface area contributed by atoms with Crippen LogP contribution >= 0.6 is 40.7 Å². The summed E-state index contributed by atoms with van der Waals surface area (Å²) in [5, 5.41) is 2.15. The summed E-state index contributed by atoms with van der Waals surface area (Å²) in [6.45, 7) is 28.9. The van der Waals surface area contributed by atoms with Crippen LogP contribution in [0.4, 0.5) is 0 Å². The zero-order valence-corrected chi connectivity index (χ0v) is 28.1. The van der Waals surface area contributed by atoms with E-state index in [1.807, 2.05) is 0 Å². The van der Waals surface area contributed by atoms with Crippen molar-refractivity contribution < 1.29 is 26.9 Å². The summed E-state index contributed by atoms with van der Waals surface area (Å²) in [7, 11) is 0.161. The molecule has 32 heavy (non-hydrogen) atoms. The Morgan fingerprint density at radius 1 is 0.469 bits per heavy atom. The molecule has 0 nitrogen and oxygen atoms in total. The Hall–Kier alpha value is 2.62. The van der Waals surface area contributed by atoms with Crippen LogP contribution in [0, 0.1) is 0 Å². The standard InChI is InChI=1S/C21H39P2.C5H5.2ClH.Fe.Pd/c1-18(2,3)22(19(4,5)6)16-14-13-15-17(16)23(20(7,8)9)21(10,11)12;1-2-4-5-3-1;;;;/h13-15H,1-12H3;1-5H;2*1H;;. The van der Waals surface area contributed by atoms with E-state index in [9.17, 15) is 0 Å². The molecule has 10 fully saturated rings. The van der Waals surface area contributed by atoms with Crippen LogP contribution in [0.1, 0.15) is 83.1 Å². The first kappa shape index (κ1) is 23.7. The molecular formula is C26H46Cl2FeP2Pd. The molecule has 0 saturated carbocycles. The number of halogens is 2. The van der Waals surface area contributed by atoms with Gasteiger partial charge in [0.25, 0.3) is 0 Å². The average Bonchev–Trinajstić information content (AvgIpc) is 3.36. The number of rotatable bonds is 2. The molecule has 10 heterocycles. The molecule has 10 aliphatic rings. The molecule has 4 unspecified atom stereocenters. The average molecular weight is 654 g/mol. The normalized spacial score (nSPS) is 72.8. The van der Waals surface area contributed by atoms with Gasteiger partial charge < -0.3 is 0 Å². The van der Waals surface area contributed by atoms with Crippen molar-refractivity contribution in [3.63, 3.8) is 0 Å². The summed E-state index contributed by atoms with van der Waals surface area (Å²) in [6.07, 6.45) is 0. The summed E-state index contributed by atoms with van der Waals surface area (Å²) < 4.78 is 2.01. The van der Waals surface area contributed by atoms with Crippen LogP contribution in [0.2, 0.25) is 38.5 Å². The molecule has 4 atom stereocenters. The van der Waals surface area contributed by atoms with Gasteiger partial charge in [0.1, 0.15) is 0 Å². The molecule has 0 radical (unpaired) electrons. The van der Waals surface area contributed by atoms with Crippen LogP contribution in [0.15, 0.2) is 0 Å². The molecule has 0 aliphatic carbocycles. The van der Waals surface area contributed by atoms with Crippen molar-refractivity contribution in [2.24, 2.45) is 0 Å². The molecule has 1 spiro atoms. The fourth-order valence-corrected chi connectivity index (χ4v) is 133. The Morgan fingerprint density at radius 2 is 0.688 bits per heavy atom. The van der Waals surface area contributed by atoms with Crippen LogP contribution in [-0.4, -0.2) is 28.7 Å². The van der Waals surface area contributed by atoms with Gasteiger partial charge >= 0.3 is 173 Å². The molecule has 10 saturated heterocycles. The topological polar surface area (TPSA) is 0 Å². The van der Waals surface area contributed by atoms with Crippen molar-refractivity contribution >= 4 is 40.7 Å². The monoisotopic (exact) mass is 652 g/mol. The summed E-state index contributed by atoms with van der Waals surface area (Å²) in [5.41, 5.74) is 0. The Labute approximate surface area is 216 Å². The number of fused-ring (bicyclic) bond motifs is 10. The molecule has 0 amide bonds. The second-order valence-electron chi connectivity index (χ2n) is 19.0. The first-order valence-corrected chi connectivity index (χ1v) is 21.4. The van der Waals surface area contributed by atoms with E-state index in [4.69, 9.17) is 0 Å². The Balaban J connectivity index is 0.000000602. The fraction of sp³-hybridized carbons (Fsp3) is 1.00. The minimum absolute atomic E-state index is 0. The van der Waals surface area contributed by atoms with Crippen molar-refractivity contribution in [2.75, 3.05) is 0 Å². The van der Waals surface area contributed by atoms with Gasteiger partial charge in [0.05, 0.1) is 0 Å². The van der Waals surface area contributed by atoms with Gasteiger partial charge in [-0.1, -0.05) is 0 Å². The minimum Gasteiger partial charge on any atom is -0.147 e. The van der Waals surface area contributed by atoms with E-state index in [-0.39, 0.29) is 61.1 Å². The van der Waals surface area contributed by atoms with Crippen molar-refractivity contribution in [2.45, 2.75) is 150 Å². The smallest absolute Gasteiger partial charge is 0 e. The molecule has 192 valence electrons. The van der Waals surface area contributed by atoms with Crippen molar-refractivity contribution in [1.29, 1.82) is 0 Å². The molecular weight excluding hydrogens is 607 g/mol. The third-order valence-corrected chi connectivity index (χ3v) is 77.0. The summed E-state index contributed by atoms with van der Waals surface area (Å²) >= 11 is 0. The van der Waals surface area contributed by atoms with Gasteiger partial charge in [-0.3, -0.25) is 0 Å². The minimum atomic E-state index is -3.47. The van der Waals surface area contributed by atoms with Crippen LogP contribution in [0.3, 0.4) is 0 Å². The summed E-state index contributed by atoms with van der Waals surface area (Å²) in [6, 6.07) is 0. The largest absolute Gasteiger partial charge is 0.147 e. The predicted molar refractivity (Wildman–Crippen MR) is 143 cm³/mol. The first-order valence-electron chi connectivity index (χ1n) is 12.5. The van der Waals surface area contributed by atoms with Crippen molar-refractivity contribution in [3.05, 3.63) is 0 Å². The molecule has 0 aromatic carbocycles. The Kier molecular flexibility index (Phi) is 2.05. The Bertz CT molecular complexity index is 1230. The summed E-state index contributed by atoms with van der Waals surface area (Å²) in [5.74, 6) is 0. The predicted octanol–water partition coefficient (Wildman–Crippen LogP) is 10.2. The van der Waals surface area contributed by atoms with E-state index in [1.54, 1.807) is 0 Å². The molecule has 10 rings (SSSR count). The van der Waals surface area contributed by atoms with E-state index < -0.39 is 6.51 Å². The van der Waals surface area contributed by atoms with E-state index in [2.05, 4.69) is 83.1 Å². The molecule has 10 aliphatic heterocycles. The van der Waals surface area contributed by atoms with Crippen molar-refractivity contribution in [3.8, 4) is 0 Å². The second kappa shape index (κ2) is 2.77. The van der Waals surface area contributed by atoms with Crippen LogP contribution in [0.25, 0.3) is 0 Å². The van der Waals surface area contributed by atoms with Gasteiger partial charge in [-0.05, 0) is 0 Å².